The SMILES string of the molecule is CN1CCN(c2ccc(-c3n[nH]c4cc(NC(=O)CC(=O)Nc5c(F)cccc5F)ccc34)cc2)CC1. The lowest BCUT2D eigenvalue weighted by atomic mass is 10.1. The summed E-state index contributed by atoms with van der Waals surface area (Å²) in [5.41, 5.74) is 3.55. The number of piperazine rings is 1. The van der Waals surface area contributed by atoms with Crippen LogP contribution in [0.5, 0.6) is 0 Å². The summed E-state index contributed by atoms with van der Waals surface area (Å²) in [5, 5.41) is 13.1. The van der Waals surface area contributed by atoms with E-state index in [1.54, 1.807) is 12.1 Å². The van der Waals surface area contributed by atoms with Gasteiger partial charge in [0.15, 0.2) is 0 Å². The van der Waals surface area contributed by atoms with Crippen LogP contribution in [0.1, 0.15) is 6.42 Å². The Labute approximate surface area is 212 Å². The number of hydrogen-bond acceptors (Lipinski definition) is 5. The number of hydrogen-bond donors (Lipinski definition) is 3. The first-order valence-corrected chi connectivity index (χ1v) is 11.9. The molecule has 2 heterocycles. The fourth-order valence-electron chi connectivity index (χ4n) is 4.36. The number of amides is 2. The minimum absolute atomic E-state index is 0.461. The van der Waals surface area contributed by atoms with Crippen LogP contribution in [-0.4, -0.2) is 60.1 Å². The summed E-state index contributed by atoms with van der Waals surface area (Å²) in [6, 6.07) is 16.8. The van der Waals surface area contributed by atoms with Crippen molar-refractivity contribution < 1.29 is 18.4 Å². The summed E-state index contributed by atoms with van der Waals surface area (Å²) in [7, 11) is 2.13. The molecule has 4 aromatic rings. The third-order valence-electron chi connectivity index (χ3n) is 6.40. The van der Waals surface area contributed by atoms with Crippen LogP contribution in [0.4, 0.5) is 25.8 Å². The topological polar surface area (TPSA) is 93.4 Å². The van der Waals surface area contributed by atoms with Crippen LogP contribution >= 0.6 is 0 Å². The summed E-state index contributed by atoms with van der Waals surface area (Å²) in [6.45, 7) is 4.08. The maximum Gasteiger partial charge on any atom is 0.233 e. The Morgan fingerprint density at radius 1 is 0.919 bits per heavy atom. The van der Waals surface area contributed by atoms with Gasteiger partial charge in [-0.1, -0.05) is 18.2 Å². The molecule has 3 N–H and O–H groups in total. The molecule has 8 nitrogen and oxygen atoms in total. The number of anilines is 3. The van der Waals surface area contributed by atoms with Crippen molar-refractivity contribution in [2.24, 2.45) is 0 Å². The van der Waals surface area contributed by atoms with Crippen molar-refractivity contribution >= 4 is 39.8 Å². The maximum atomic E-state index is 13.7. The van der Waals surface area contributed by atoms with Crippen molar-refractivity contribution in [1.29, 1.82) is 0 Å². The van der Waals surface area contributed by atoms with Gasteiger partial charge in [0.2, 0.25) is 11.8 Å². The van der Waals surface area contributed by atoms with Gasteiger partial charge in [-0.05, 0) is 49.5 Å². The largest absolute Gasteiger partial charge is 0.369 e. The number of para-hydroxylation sites is 1. The zero-order valence-electron chi connectivity index (χ0n) is 20.2. The standard InChI is InChI=1S/C27H26F2N6O2/c1-34-11-13-35(14-12-34)19-8-5-17(6-9-19)26-20-10-7-18(15-23(20)32-33-26)30-24(36)16-25(37)31-27-21(28)3-2-4-22(27)29/h2-10,15H,11-14,16H2,1H3,(H,30,36)(H,31,37)(H,32,33). The number of H-pyrrole nitrogens is 1. The molecule has 1 aliphatic rings. The van der Waals surface area contributed by atoms with Crippen LogP contribution in [0.3, 0.4) is 0 Å². The fourth-order valence-corrected chi connectivity index (χ4v) is 4.36. The highest BCUT2D eigenvalue weighted by Gasteiger charge is 2.17. The molecule has 1 aliphatic heterocycles. The van der Waals surface area contributed by atoms with Crippen molar-refractivity contribution in [2.45, 2.75) is 6.42 Å². The van der Waals surface area contributed by atoms with Crippen LogP contribution in [0.2, 0.25) is 0 Å². The molecule has 0 bridgehead atoms. The quantitative estimate of drug-likeness (QED) is 0.342. The number of aromatic amines is 1. The van der Waals surface area contributed by atoms with Gasteiger partial charge in [-0.25, -0.2) is 8.78 Å². The number of rotatable bonds is 6. The van der Waals surface area contributed by atoms with E-state index in [1.165, 1.54) is 11.8 Å². The van der Waals surface area contributed by atoms with Crippen molar-refractivity contribution in [2.75, 3.05) is 48.8 Å². The first kappa shape index (κ1) is 24.4. The minimum Gasteiger partial charge on any atom is -0.369 e. The van der Waals surface area contributed by atoms with Crippen LogP contribution in [0.15, 0.2) is 60.7 Å². The number of nitrogens with zero attached hydrogens (tertiary/aromatic N) is 3. The van der Waals surface area contributed by atoms with E-state index >= 15 is 0 Å². The molecule has 0 atom stereocenters. The van der Waals surface area contributed by atoms with E-state index in [2.05, 4.69) is 61.9 Å². The summed E-state index contributed by atoms with van der Waals surface area (Å²) in [6.07, 6.45) is -0.598. The zero-order chi connectivity index (χ0) is 25.9. The van der Waals surface area contributed by atoms with Crippen LogP contribution < -0.4 is 15.5 Å². The van der Waals surface area contributed by atoms with E-state index in [0.717, 1.165) is 55.0 Å². The molecule has 5 rings (SSSR count). The van der Waals surface area contributed by atoms with Crippen molar-refractivity contribution in [3.8, 4) is 11.3 Å². The monoisotopic (exact) mass is 504 g/mol. The highest BCUT2D eigenvalue weighted by atomic mass is 19.1. The predicted molar refractivity (Wildman–Crippen MR) is 139 cm³/mol. The van der Waals surface area contributed by atoms with E-state index in [1.807, 2.05) is 6.07 Å². The van der Waals surface area contributed by atoms with Gasteiger partial charge in [-0.15, -0.1) is 0 Å². The molecule has 0 unspecified atom stereocenters. The first-order chi connectivity index (χ1) is 17.9. The molecule has 0 radical (unpaired) electrons. The normalized spacial score (nSPS) is 14.1. The van der Waals surface area contributed by atoms with Gasteiger partial charge in [0, 0.05) is 48.5 Å². The molecule has 10 heteroatoms. The molecule has 190 valence electrons. The molecule has 37 heavy (non-hydrogen) atoms. The number of fused-ring (bicyclic) bond motifs is 1. The number of likely N-dealkylation sites (N-methyl/N-ethyl adjacent to an activating group) is 1. The average molecular weight is 505 g/mol. The number of benzene rings is 3. The molecule has 0 aliphatic carbocycles. The van der Waals surface area contributed by atoms with E-state index in [-0.39, 0.29) is 0 Å². The highest BCUT2D eigenvalue weighted by Crippen LogP contribution is 2.30. The minimum atomic E-state index is -0.914. The Morgan fingerprint density at radius 3 is 2.30 bits per heavy atom. The molecule has 2 amide bonds. The Morgan fingerprint density at radius 2 is 1.59 bits per heavy atom. The van der Waals surface area contributed by atoms with E-state index < -0.39 is 35.6 Å². The third-order valence-corrected chi connectivity index (χ3v) is 6.40. The number of halogens is 2. The molecule has 1 aromatic heterocycles. The van der Waals surface area contributed by atoms with Crippen molar-refractivity contribution in [1.82, 2.24) is 15.1 Å². The summed E-state index contributed by atoms with van der Waals surface area (Å²) in [4.78, 5) is 29.1. The molecule has 0 spiro atoms. The number of carbonyl (C=O) groups excluding carboxylic acids is 2. The van der Waals surface area contributed by atoms with Gasteiger partial charge in [0.05, 0.1) is 11.2 Å². The predicted octanol–water partition coefficient (Wildman–Crippen LogP) is 4.23. The second-order valence-corrected chi connectivity index (χ2v) is 9.04. The second-order valence-electron chi connectivity index (χ2n) is 9.04. The highest BCUT2D eigenvalue weighted by molar-refractivity contribution is 6.08. The van der Waals surface area contributed by atoms with E-state index in [0.29, 0.717) is 11.2 Å². The summed E-state index contributed by atoms with van der Waals surface area (Å²) < 4.78 is 27.4. The summed E-state index contributed by atoms with van der Waals surface area (Å²) >= 11 is 0. The van der Waals surface area contributed by atoms with Crippen molar-refractivity contribution in [3.63, 3.8) is 0 Å². The Hall–Kier alpha value is -4.31. The van der Waals surface area contributed by atoms with Gasteiger partial charge < -0.3 is 20.4 Å². The second kappa shape index (κ2) is 10.4. The number of nitrogens with one attached hydrogen (secondary N) is 3. The Kier molecular flexibility index (Phi) is 6.82. The molecule has 3 aromatic carbocycles. The van der Waals surface area contributed by atoms with E-state index in [9.17, 15) is 18.4 Å². The Bertz CT molecular complexity index is 1430. The third kappa shape index (κ3) is 5.44. The smallest absolute Gasteiger partial charge is 0.233 e. The van der Waals surface area contributed by atoms with Crippen molar-refractivity contribution in [3.05, 3.63) is 72.3 Å². The van der Waals surface area contributed by atoms with Gasteiger partial charge in [-0.2, -0.15) is 5.10 Å². The van der Waals surface area contributed by atoms with Crippen LogP contribution in [-0.2, 0) is 9.59 Å². The average Bonchev–Trinajstić information content (AvgIpc) is 3.30. The lowest BCUT2D eigenvalue weighted by Gasteiger charge is -2.34. The molecule has 1 fully saturated rings. The molecular formula is C27H26F2N6O2. The Balaban J connectivity index is 1.23. The lowest BCUT2D eigenvalue weighted by Crippen LogP contribution is -2.44. The molecule has 0 saturated carbocycles. The van der Waals surface area contributed by atoms with Gasteiger partial charge in [-0.3, -0.25) is 14.7 Å². The fraction of sp³-hybridized carbons (Fsp3) is 0.222. The number of aromatic nitrogens is 2. The maximum absolute atomic E-state index is 13.7. The van der Waals surface area contributed by atoms with Gasteiger partial charge >= 0.3 is 0 Å². The van der Waals surface area contributed by atoms with E-state index in [4.69, 9.17) is 0 Å². The van der Waals surface area contributed by atoms with Gasteiger partial charge in [0.25, 0.3) is 0 Å². The van der Waals surface area contributed by atoms with Gasteiger partial charge in [0.1, 0.15) is 23.7 Å². The first-order valence-electron chi connectivity index (χ1n) is 11.9. The molecular weight excluding hydrogens is 478 g/mol. The lowest BCUT2D eigenvalue weighted by molar-refractivity contribution is -0.123. The summed E-state index contributed by atoms with van der Waals surface area (Å²) in [5.74, 6) is -3.27. The zero-order valence-corrected chi connectivity index (χ0v) is 20.2. The van der Waals surface area contributed by atoms with Crippen LogP contribution in [0.25, 0.3) is 22.2 Å². The van der Waals surface area contributed by atoms with Crippen LogP contribution in [0, 0.1) is 11.6 Å². The molecule has 1 saturated heterocycles. The number of carbonyl (C=O) groups is 2.